The Kier molecular flexibility index (Phi) is 4.45. The Morgan fingerprint density at radius 1 is 1.33 bits per heavy atom. The van der Waals surface area contributed by atoms with Gasteiger partial charge in [-0.1, -0.05) is 46.3 Å². The lowest BCUT2D eigenvalue weighted by Gasteiger charge is -2.02. The number of aromatic nitrogens is 2. The molecule has 4 nitrogen and oxygen atoms in total. The zero-order valence-corrected chi connectivity index (χ0v) is 12.3. The number of benzene rings is 1. The molecule has 0 unspecified atom stereocenters. The van der Waals surface area contributed by atoms with Crippen LogP contribution in [0.5, 0.6) is 0 Å². The molecule has 0 fully saturated rings. The molecule has 0 spiro atoms. The second-order valence-corrected chi connectivity index (χ2v) is 6.01. The third-order valence-corrected chi connectivity index (χ3v) is 4.54. The highest BCUT2D eigenvalue weighted by atomic mass is 35.5. The maximum Gasteiger partial charge on any atom is 0.257 e. The van der Waals surface area contributed by atoms with E-state index in [2.05, 4.69) is 15.5 Å². The van der Waals surface area contributed by atoms with E-state index in [4.69, 9.17) is 23.2 Å². The van der Waals surface area contributed by atoms with Crippen LogP contribution in [0.15, 0.2) is 22.5 Å². The van der Waals surface area contributed by atoms with Crippen molar-refractivity contribution in [3.05, 3.63) is 33.8 Å². The van der Waals surface area contributed by atoms with Crippen LogP contribution in [-0.2, 0) is 0 Å². The lowest BCUT2D eigenvalue weighted by atomic mass is 10.2. The molecule has 1 aromatic heterocycles. The monoisotopic (exact) mass is 319 g/mol. The molecule has 1 amide bonds. The minimum atomic E-state index is -0.294. The summed E-state index contributed by atoms with van der Waals surface area (Å²) >= 11 is 14.4. The van der Waals surface area contributed by atoms with Gasteiger partial charge in [-0.25, -0.2) is 0 Å². The molecule has 0 radical (unpaired) electrons. The molecular weight excluding hydrogens is 313 g/mol. The van der Waals surface area contributed by atoms with Crippen molar-refractivity contribution in [1.82, 2.24) is 10.2 Å². The van der Waals surface area contributed by atoms with Gasteiger partial charge < -0.3 is 0 Å². The quantitative estimate of drug-likeness (QED) is 0.690. The Bertz CT molecular complexity index is 588. The van der Waals surface area contributed by atoms with Gasteiger partial charge in [0, 0.05) is 5.56 Å². The number of hydrogen-bond donors (Lipinski definition) is 1. The first-order valence-corrected chi connectivity index (χ1v) is 7.54. The van der Waals surface area contributed by atoms with E-state index in [0.717, 1.165) is 4.34 Å². The van der Waals surface area contributed by atoms with E-state index in [9.17, 15) is 4.79 Å². The summed E-state index contributed by atoms with van der Waals surface area (Å²) in [6, 6.07) is 4.68. The molecule has 0 atom stereocenters. The number of hydrogen-bond acceptors (Lipinski definition) is 5. The number of nitrogens with zero attached hydrogens (tertiary/aromatic N) is 2. The van der Waals surface area contributed by atoms with Crippen molar-refractivity contribution < 1.29 is 4.79 Å². The third kappa shape index (κ3) is 3.14. The molecule has 1 N–H and O–H groups in total. The first-order chi connectivity index (χ1) is 8.60. The van der Waals surface area contributed by atoms with Crippen LogP contribution in [0.2, 0.25) is 10.0 Å². The fourth-order valence-corrected chi connectivity index (χ4v) is 2.61. The van der Waals surface area contributed by atoms with E-state index < -0.39 is 0 Å². The van der Waals surface area contributed by atoms with Crippen molar-refractivity contribution in [2.24, 2.45) is 0 Å². The first kappa shape index (κ1) is 13.6. The fourth-order valence-electron chi connectivity index (χ4n) is 1.15. The molecule has 0 bridgehead atoms. The summed E-state index contributed by atoms with van der Waals surface area (Å²) in [5, 5.41) is 11.6. The minimum absolute atomic E-state index is 0.294. The van der Waals surface area contributed by atoms with E-state index in [-0.39, 0.29) is 5.91 Å². The molecule has 0 aliphatic carbocycles. The highest BCUT2D eigenvalue weighted by molar-refractivity contribution is 8.00. The predicted molar refractivity (Wildman–Crippen MR) is 76.1 cm³/mol. The average molecular weight is 320 g/mol. The molecule has 1 aromatic carbocycles. The van der Waals surface area contributed by atoms with Crippen LogP contribution in [0.4, 0.5) is 5.13 Å². The standard InChI is InChI=1S/C10H7Cl2N3OS2/c1-17-10-15-14-9(18-10)13-8(16)5-2-3-6(11)7(12)4-5/h2-4H,1H3,(H,13,14,16). The van der Waals surface area contributed by atoms with Crippen molar-refractivity contribution in [2.75, 3.05) is 11.6 Å². The van der Waals surface area contributed by atoms with E-state index >= 15 is 0 Å². The van der Waals surface area contributed by atoms with Crippen LogP contribution < -0.4 is 5.32 Å². The van der Waals surface area contributed by atoms with E-state index in [1.165, 1.54) is 29.2 Å². The van der Waals surface area contributed by atoms with Gasteiger partial charge in [-0.2, -0.15) is 0 Å². The second-order valence-electron chi connectivity index (χ2n) is 3.16. The smallest absolute Gasteiger partial charge is 0.257 e. The highest BCUT2D eigenvalue weighted by Crippen LogP contribution is 2.25. The summed E-state index contributed by atoms with van der Waals surface area (Å²) < 4.78 is 0.791. The van der Waals surface area contributed by atoms with Crippen LogP contribution in [-0.4, -0.2) is 22.4 Å². The number of anilines is 1. The molecule has 0 aliphatic rings. The average Bonchev–Trinajstić information content (AvgIpc) is 2.80. The summed E-state index contributed by atoms with van der Waals surface area (Å²) in [4.78, 5) is 11.9. The molecular formula is C10H7Cl2N3OS2. The van der Waals surface area contributed by atoms with Crippen molar-refractivity contribution in [3.8, 4) is 0 Å². The number of halogens is 2. The number of nitrogens with one attached hydrogen (secondary N) is 1. The summed E-state index contributed by atoms with van der Waals surface area (Å²) in [5.74, 6) is -0.294. The molecule has 8 heteroatoms. The molecule has 1 heterocycles. The van der Waals surface area contributed by atoms with Gasteiger partial charge in [-0.3, -0.25) is 10.1 Å². The molecule has 2 aromatic rings. The van der Waals surface area contributed by atoms with Crippen LogP contribution in [0, 0.1) is 0 Å². The molecule has 18 heavy (non-hydrogen) atoms. The van der Waals surface area contributed by atoms with Gasteiger partial charge in [0.25, 0.3) is 5.91 Å². The zero-order valence-electron chi connectivity index (χ0n) is 9.11. The van der Waals surface area contributed by atoms with Gasteiger partial charge in [0.15, 0.2) is 4.34 Å². The summed E-state index contributed by atoms with van der Waals surface area (Å²) in [6.07, 6.45) is 1.89. The van der Waals surface area contributed by atoms with Crippen molar-refractivity contribution in [1.29, 1.82) is 0 Å². The Labute approximate surface area is 122 Å². The minimum Gasteiger partial charge on any atom is -0.296 e. The number of amides is 1. The number of thioether (sulfide) groups is 1. The topological polar surface area (TPSA) is 54.9 Å². The van der Waals surface area contributed by atoms with Gasteiger partial charge in [-0.15, -0.1) is 10.2 Å². The Morgan fingerprint density at radius 3 is 2.72 bits per heavy atom. The lowest BCUT2D eigenvalue weighted by molar-refractivity contribution is 0.102. The van der Waals surface area contributed by atoms with Crippen molar-refractivity contribution in [2.45, 2.75) is 4.34 Å². The molecule has 0 saturated carbocycles. The number of carbonyl (C=O) groups is 1. The predicted octanol–water partition coefficient (Wildman–Crippen LogP) is 3.82. The van der Waals surface area contributed by atoms with Crippen LogP contribution in [0.3, 0.4) is 0 Å². The lowest BCUT2D eigenvalue weighted by Crippen LogP contribution is -2.11. The fraction of sp³-hybridized carbons (Fsp3) is 0.100. The Morgan fingerprint density at radius 2 is 2.11 bits per heavy atom. The van der Waals surface area contributed by atoms with Gasteiger partial charge in [0.1, 0.15) is 0 Å². The largest absolute Gasteiger partial charge is 0.296 e. The number of carbonyl (C=O) groups excluding carboxylic acids is 1. The maximum atomic E-state index is 11.9. The summed E-state index contributed by atoms with van der Waals surface area (Å²) in [7, 11) is 0. The second kappa shape index (κ2) is 5.88. The molecule has 0 saturated heterocycles. The Balaban J connectivity index is 2.14. The van der Waals surface area contributed by atoms with Crippen molar-refractivity contribution in [3.63, 3.8) is 0 Å². The van der Waals surface area contributed by atoms with Crippen LogP contribution in [0.1, 0.15) is 10.4 Å². The molecule has 2 rings (SSSR count). The van der Waals surface area contributed by atoms with Gasteiger partial charge in [0.2, 0.25) is 5.13 Å². The maximum absolute atomic E-state index is 11.9. The van der Waals surface area contributed by atoms with Crippen LogP contribution >= 0.6 is 46.3 Å². The van der Waals surface area contributed by atoms with E-state index in [1.54, 1.807) is 12.1 Å². The highest BCUT2D eigenvalue weighted by Gasteiger charge is 2.11. The van der Waals surface area contributed by atoms with Gasteiger partial charge in [0.05, 0.1) is 10.0 Å². The van der Waals surface area contributed by atoms with E-state index in [0.29, 0.717) is 20.7 Å². The number of rotatable bonds is 3. The normalized spacial score (nSPS) is 10.4. The van der Waals surface area contributed by atoms with E-state index in [1.807, 2.05) is 6.26 Å². The SMILES string of the molecule is CSc1nnc(NC(=O)c2ccc(Cl)c(Cl)c2)s1. The van der Waals surface area contributed by atoms with Crippen molar-refractivity contribution >= 4 is 57.3 Å². The molecule has 0 aliphatic heterocycles. The summed E-state index contributed by atoms with van der Waals surface area (Å²) in [6.45, 7) is 0. The van der Waals surface area contributed by atoms with Crippen LogP contribution in [0.25, 0.3) is 0 Å². The first-order valence-electron chi connectivity index (χ1n) is 4.74. The summed E-state index contributed by atoms with van der Waals surface area (Å²) in [5.41, 5.74) is 0.422. The Hall–Kier alpha value is -0.820. The zero-order chi connectivity index (χ0) is 13.1. The molecule has 94 valence electrons. The van der Waals surface area contributed by atoms with Gasteiger partial charge >= 0.3 is 0 Å². The third-order valence-electron chi connectivity index (χ3n) is 1.98. The van der Waals surface area contributed by atoms with Gasteiger partial charge in [-0.05, 0) is 24.5 Å².